The van der Waals surface area contributed by atoms with Crippen molar-refractivity contribution in [3.8, 4) is 0 Å². The summed E-state index contributed by atoms with van der Waals surface area (Å²) in [4.78, 5) is 10.5. The Hall–Kier alpha value is -0.0200. The van der Waals surface area contributed by atoms with Crippen LogP contribution < -0.4 is 0 Å². The number of hydrogen-bond acceptors (Lipinski definition) is 3. The van der Waals surface area contributed by atoms with Crippen LogP contribution >= 0.6 is 11.8 Å². The lowest BCUT2D eigenvalue weighted by Crippen LogP contribution is -2.31. The fourth-order valence-corrected chi connectivity index (χ4v) is 2.40. The zero-order valence-electron chi connectivity index (χ0n) is 5.88. The quantitative estimate of drug-likeness (QED) is 0.604. The minimum absolute atomic E-state index is 0.0249. The van der Waals surface area contributed by atoms with Crippen molar-refractivity contribution in [2.45, 2.75) is 12.8 Å². The van der Waals surface area contributed by atoms with Crippen LogP contribution in [0.25, 0.3) is 0 Å². The van der Waals surface area contributed by atoms with E-state index in [9.17, 15) is 4.79 Å². The molecule has 0 aromatic carbocycles. The van der Waals surface area contributed by atoms with E-state index in [0.717, 1.165) is 30.6 Å². The van der Waals surface area contributed by atoms with E-state index in [1.54, 1.807) is 0 Å². The molecule has 1 aliphatic rings. The minimum Gasteiger partial charge on any atom is -0.395 e. The zero-order chi connectivity index (χ0) is 7.45. The number of thioether (sulfide) groups is 1. The van der Waals surface area contributed by atoms with Gasteiger partial charge in [0.05, 0.1) is 12.0 Å². The Bertz CT molecular complexity index is 119. The van der Waals surface area contributed by atoms with Crippen molar-refractivity contribution in [1.29, 1.82) is 0 Å². The molecule has 0 bridgehead atoms. The summed E-state index contributed by atoms with van der Waals surface area (Å²) >= 11 is 1.86. The highest BCUT2D eigenvalue weighted by Crippen LogP contribution is 2.32. The summed E-state index contributed by atoms with van der Waals surface area (Å²) in [6.07, 6.45) is 2.61. The zero-order valence-corrected chi connectivity index (χ0v) is 6.69. The molecule has 0 amide bonds. The van der Waals surface area contributed by atoms with E-state index in [4.69, 9.17) is 5.11 Å². The van der Waals surface area contributed by atoms with Gasteiger partial charge < -0.3 is 9.90 Å². The van der Waals surface area contributed by atoms with E-state index in [2.05, 4.69) is 0 Å². The van der Waals surface area contributed by atoms with E-state index < -0.39 is 0 Å². The third-order valence-corrected chi connectivity index (χ3v) is 3.04. The van der Waals surface area contributed by atoms with Crippen LogP contribution in [0.1, 0.15) is 12.8 Å². The smallest absolute Gasteiger partial charge is 0.128 e. The van der Waals surface area contributed by atoms with Gasteiger partial charge in [-0.2, -0.15) is 11.8 Å². The van der Waals surface area contributed by atoms with Crippen molar-refractivity contribution in [3.63, 3.8) is 0 Å². The van der Waals surface area contributed by atoms with Crippen LogP contribution in [-0.4, -0.2) is 29.5 Å². The van der Waals surface area contributed by atoms with Crippen LogP contribution in [0.2, 0.25) is 0 Å². The molecule has 0 unspecified atom stereocenters. The third kappa shape index (κ3) is 1.52. The van der Waals surface area contributed by atoms with Gasteiger partial charge in [-0.05, 0) is 24.3 Å². The topological polar surface area (TPSA) is 37.3 Å². The Balaban J connectivity index is 2.52. The lowest BCUT2D eigenvalue weighted by Gasteiger charge is -2.29. The van der Waals surface area contributed by atoms with E-state index in [1.165, 1.54) is 0 Å². The van der Waals surface area contributed by atoms with Crippen molar-refractivity contribution in [2.75, 3.05) is 18.1 Å². The molecule has 1 rings (SSSR count). The first kappa shape index (κ1) is 8.08. The molecular formula is C7H12O2S. The molecule has 10 heavy (non-hydrogen) atoms. The number of rotatable bonds is 2. The standard InChI is InChI=1S/C7H12O2S/c8-5-7(6-9)1-3-10-4-2-7/h5,9H,1-4,6H2. The van der Waals surface area contributed by atoms with Crippen LogP contribution in [0.5, 0.6) is 0 Å². The lowest BCUT2D eigenvalue weighted by molar-refractivity contribution is -0.118. The number of aliphatic hydroxyl groups excluding tert-OH is 1. The second kappa shape index (κ2) is 3.39. The lowest BCUT2D eigenvalue weighted by atomic mass is 9.85. The fraction of sp³-hybridized carbons (Fsp3) is 0.857. The predicted molar refractivity (Wildman–Crippen MR) is 42.1 cm³/mol. The van der Waals surface area contributed by atoms with E-state index in [-0.39, 0.29) is 12.0 Å². The summed E-state index contributed by atoms with van der Waals surface area (Å²) in [5.41, 5.74) is -0.384. The highest BCUT2D eigenvalue weighted by molar-refractivity contribution is 7.99. The fourth-order valence-electron chi connectivity index (χ4n) is 1.09. The molecule has 1 saturated heterocycles. The molecule has 58 valence electrons. The second-order valence-corrected chi connectivity index (χ2v) is 3.98. The average molecular weight is 160 g/mol. The van der Waals surface area contributed by atoms with Crippen LogP contribution in [-0.2, 0) is 4.79 Å². The Labute approximate surface area is 65.0 Å². The van der Waals surface area contributed by atoms with Crippen molar-refractivity contribution in [3.05, 3.63) is 0 Å². The van der Waals surface area contributed by atoms with Gasteiger partial charge in [-0.25, -0.2) is 0 Å². The Morgan fingerprint density at radius 2 is 2.10 bits per heavy atom. The average Bonchev–Trinajstić information content (AvgIpc) is 2.06. The number of carbonyl (C=O) groups is 1. The van der Waals surface area contributed by atoms with Crippen LogP contribution in [0.4, 0.5) is 0 Å². The minimum atomic E-state index is -0.384. The molecule has 0 atom stereocenters. The van der Waals surface area contributed by atoms with Gasteiger partial charge >= 0.3 is 0 Å². The third-order valence-electron chi connectivity index (χ3n) is 2.05. The largest absolute Gasteiger partial charge is 0.395 e. The predicted octanol–water partition coefficient (Wildman–Crippen LogP) is 0.691. The van der Waals surface area contributed by atoms with Crippen molar-refractivity contribution in [1.82, 2.24) is 0 Å². The van der Waals surface area contributed by atoms with Crippen LogP contribution in [0.15, 0.2) is 0 Å². The number of aliphatic hydroxyl groups is 1. The van der Waals surface area contributed by atoms with E-state index in [0.29, 0.717) is 0 Å². The SMILES string of the molecule is O=CC1(CO)CCSCC1. The first-order valence-electron chi connectivity index (χ1n) is 3.48. The van der Waals surface area contributed by atoms with Gasteiger partial charge in [-0.1, -0.05) is 0 Å². The molecule has 2 nitrogen and oxygen atoms in total. The number of hydrogen-bond donors (Lipinski definition) is 1. The molecule has 0 radical (unpaired) electrons. The first-order chi connectivity index (χ1) is 4.83. The maximum Gasteiger partial charge on any atom is 0.128 e. The van der Waals surface area contributed by atoms with Crippen molar-refractivity contribution >= 4 is 18.0 Å². The molecule has 1 fully saturated rings. The van der Waals surface area contributed by atoms with Crippen LogP contribution in [0.3, 0.4) is 0 Å². The second-order valence-electron chi connectivity index (χ2n) is 2.75. The molecule has 0 aromatic heterocycles. The van der Waals surface area contributed by atoms with E-state index >= 15 is 0 Å². The highest BCUT2D eigenvalue weighted by Gasteiger charge is 2.30. The van der Waals surface area contributed by atoms with Gasteiger partial charge in [-0.15, -0.1) is 0 Å². The summed E-state index contributed by atoms with van der Waals surface area (Å²) in [6.45, 7) is 0.0249. The van der Waals surface area contributed by atoms with Gasteiger partial charge in [0.2, 0.25) is 0 Å². The molecule has 0 spiro atoms. The van der Waals surface area contributed by atoms with Gasteiger partial charge in [0.15, 0.2) is 0 Å². The Morgan fingerprint density at radius 1 is 1.50 bits per heavy atom. The first-order valence-corrected chi connectivity index (χ1v) is 4.63. The van der Waals surface area contributed by atoms with Gasteiger partial charge in [0.25, 0.3) is 0 Å². The molecule has 0 aliphatic carbocycles. The van der Waals surface area contributed by atoms with Gasteiger partial charge in [-0.3, -0.25) is 0 Å². The summed E-state index contributed by atoms with van der Waals surface area (Å²) in [5, 5.41) is 8.90. The highest BCUT2D eigenvalue weighted by atomic mass is 32.2. The molecule has 1 heterocycles. The molecule has 3 heteroatoms. The molecule has 1 N–H and O–H groups in total. The van der Waals surface area contributed by atoms with Crippen LogP contribution in [0, 0.1) is 5.41 Å². The summed E-state index contributed by atoms with van der Waals surface area (Å²) in [6, 6.07) is 0. The molecule has 0 saturated carbocycles. The van der Waals surface area contributed by atoms with E-state index in [1.807, 2.05) is 11.8 Å². The van der Waals surface area contributed by atoms with Gasteiger partial charge in [0.1, 0.15) is 6.29 Å². The summed E-state index contributed by atoms with van der Waals surface area (Å²) in [5.74, 6) is 2.03. The Morgan fingerprint density at radius 3 is 2.40 bits per heavy atom. The number of aldehydes is 1. The maximum absolute atomic E-state index is 10.5. The summed E-state index contributed by atoms with van der Waals surface area (Å²) in [7, 11) is 0. The van der Waals surface area contributed by atoms with Gasteiger partial charge in [0, 0.05) is 0 Å². The van der Waals surface area contributed by atoms with Crippen molar-refractivity contribution in [2.24, 2.45) is 5.41 Å². The molecule has 0 aromatic rings. The summed E-state index contributed by atoms with van der Waals surface area (Å²) < 4.78 is 0. The normalized spacial score (nSPS) is 24.1. The number of carbonyl (C=O) groups excluding carboxylic acids is 1. The monoisotopic (exact) mass is 160 g/mol. The Kier molecular flexibility index (Phi) is 2.74. The van der Waals surface area contributed by atoms with Crippen molar-refractivity contribution < 1.29 is 9.90 Å². The molecular weight excluding hydrogens is 148 g/mol. The maximum atomic E-state index is 10.5. The molecule has 1 aliphatic heterocycles.